The fourth-order valence-corrected chi connectivity index (χ4v) is 2.29. The summed E-state index contributed by atoms with van der Waals surface area (Å²) < 4.78 is 38.7. The highest BCUT2D eigenvalue weighted by atomic mass is 19.4. The first-order valence-electron chi connectivity index (χ1n) is 7.88. The summed E-state index contributed by atoms with van der Waals surface area (Å²) in [6.07, 6.45) is -4.50. The van der Waals surface area contributed by atoms with Gasteiger partial charge in [0.25, 0.3) is 5.91 Å². The molecule has 0 saturated carbocycles. The van der Waals surface area contributed by atoms with Crippen molar-refractivity contribution in [2.45, 2.75) is 19.1 Å². The molecule has 0 aliphatic carbocycles. The number of amides is 3. The molecule has 2 aromatic rings. The van der Waals surface area contributed by atoms with Crippen molar-refractivity contribution in [3.63, 3.8) is 0 Å². The molecule has 5 nitrogen and oxygen atoms in total. The fourth-order valence-electron chi connectivity index (χ4n) is 2.29. The third kappa shape index (κ3) is 5.23. The lowest BCUT2D eigenvalue weighted by Gasteiger charge is -2.20. The minimum Gasteiger partial charge on any atom is -0.370 e. The molecule has 3 amide bonds. The van der Waals surface area contributed by atoms with Crippen LogP contribution in [0.2, 0.25) is 0 Å². The largest absolute Gasteiger partial charge is 0.416 e. The van der Waals surface area contributed by atoms with E-state index in [0.717, 1.165) is 12.1 Å². The summed E-state index contributed by atoms with van der Waals surface area (Å²) in [5.41, 5.74) is -0.218. The minimum absolute atomic E-state index is 0.111. The van der Waals surface area contributed by atoms with Crippen molar-refractivity contribution in [2.24, 2.45) is 0 Å². The van der Waals surface area contributed by atoms with E-state index in [1.54, 1.807) is 37.3 Å². The molecule has 0 aliphatic rings. The molecule has 0 spiro atoms. The van der Waals surface area contributed by atoms with E-state index >= 15 is 0 Å². The number of halogens is 3. The van der Waals surface area contributed by atoms with Crippen LogP contribution in [-0.4, -0.2) is 18.5 Å². The molecule has 0 saturated heterocycles. The van der Waals surface area contributed by atoms with Crippen molar-refractivity contribution in [1.29, 1.82) is 0 Å². The van der Waals surface area contributed by atoms with Gasteiger partial charge in [0, 0.05) is 12.2 Å². The molecule has 0 unspecified atom stereocenters. The SMILES string of the molecule is CCNC(=O)NC(=O)[C@H](Nc1cccc(C(F)(F)F)c1)c1ccccc1. The van der Waals surface area contributed by atoms with Crippen LogP contribution in [0.4, 0.5) is 23.7 Å². The van der Waals surface area contributed by atoms with E-state index in [9.17, 15) is 22.8 Å². The van der Waals surface area contributed by atoms with Gasteiger partial charge in [-0.25, -0.2) is 4.79 Å². The van der Waals surface area contributed by atoms with Gasteiger partial charge in [-0.2, -0.15) is 13.2 Å². The second kappa shape index (κ2) is 8.37. The number of alkyl halides is 3. The van der Waals surface area contributed by atoms with Gasteiger partial charge in [-0.15, -0.1) is 0 Å². The van der Waals surface area contributed by atoms with Crippen LogP contribution >= 0.6 is 0 Å². The zero-order chi connectivity index (χ0) is 19.2. The van der Waals surface area contributed by atoms with E-state index in [4.69, 9.17) is 0 Å². The third-order valence-electron chi connectivity index (χ3n) is 3.47. The van der Waals surface area contributed by atoms with Crippen molar-refractivity contribution in [2.75, 3.05) is 11.9 Å². The molecule has 0 radical (unpaired) electrons. The molecule has 0 bridgehead atoms. The Bertz CT molecular complexity index is 764. The highest BCUT2D eigenvalue weighted by Crippen LogP contribution is 2.31. The zero-order valence-electron chi connectivity index (χ0n) is 13.9. The summed E-state index contributed by atoms with van der Waals surface area (Å²) in [6.45, 7) is 2.02. The first-order chi connectivity index (χ1) is 12.3. The second-order valence-electron chi connectivity index (χ2n) is 5.42. The third-order valence-corrected chi connectivity index (χ3v) is 3.47. The number of imide groups is 1. The van der Waals surface area contributed by atoms with Gasteiger partial charge in [0.05, 0.1) is 5.56 Å². The minimum atomic E-state index is -4.50. The number of carbonyl (C=O) groups is 2. The Labute approximate surface area is 148 Å². The van der Waals surface area contributed by atoms with Crippen LogP contribution < -0.4 is 16.0 Å². The van der Waals surface area contributed by atoms with Gasteiger partial charge in [-0.3, -0.25) is 10.1 Å². The number of anilines is 1. The smallest absolute Gasteiger partial charge is 0.370 e. The summed E-state index contributed by atoms with van der Waals surface area (Å²) in [4.78, 5) is 24.1. The first-order valence-corrected chi connectivity index (χ1v) is 7.88. The number of hydrogen-bond donors (Lipinski definition) is 3. The van der Waals surface area contributed by atoms with Crippen LogP contribution in [-0.2, 0) is 11.0 Å². The Kier molecular flexibility index (Phi) is 6.21. The summed E-state index contributed by atoms with van der Waals surface area (Å²) in [6, 6.07) is 11.2. The molecule has 138 valence electrons. The van der Waals surface area contributed by atoms with Crippen LogP contribution in [0.3, 0.4) is 0 Å². The highest BCUT2D eigenvalue weighted by Gasteiger charge is 2.31. The molecule has 2 rings (SSSR count). The lowest BCUT2D eigenvalue weighted by Crippen LogP contribution is -2.43. The van der Waals surface area contributed by atoms with Gasteiger partial charge in [0.1, 0.15) is 6.04 Å². The molecular formula is C18H18F3N3O2. The summed E-state index contributed by atoms with van der Waals surface area (Å²) in [7, 11) is 0. The zero-order valence-corrected chi connectivity index (χ0v) is 13.9. The fraction of sp³-hybridized carbons (Fsp3) is 0.222. The Morgan fingerprint density at radius 2 is 1.73 bits per heavy atom. The monoisotopic (exact) mass is 365 g/mol. The Morgan fingerprint density at radius 3 is 2.35 bits per heavy atom. The van der Waals surface area contributed by atoms with Crippen molar-refractivity contribution >= 4 is 17.6 Å². The van der Waals surface area contributed by atoms with Gasteiger partial charge in [0.15, 0.2) is 0 Å². The molecule has 3 N–H and O–H groups in total. The Hall–Kier alpha value is -3.03. The van der Waals surface area contributed by atoms with E-state index in [1.165, 1.54) is 12.1 Å². The van der Waals surface area contributed by atoms with E-state index in [-0.39, 0.29) is 5.69 Å². The van der Waals surface area contributed by atoms with Gasteiger partial charge in [-0.05, 0) is 30.7 Å². The van der Waals surface area contributed by atoms with Crippen molar-refractivity contribution < 1.29 is 22.8 Å². The molecule has 0 fully saturated rings. The average molecular weight is 365 g/mol. The lowest BCUT2D eigenvalue weighted by molar-refractivity contribution is -0.137. The van der Waals surface area contributed by atoms with Crippen molar-refractivity contribution in [1.82, 2.24) is 10.6 Å². The Balaban J connectivity index is 2.28. The summed E-state index contributed by atoms with van der Waals surface area (Å²) in [5.74, 6) is -0.681. The summed E-state index contributed by atoms with van der Waals surface area (Å²) in [5, 5.41) is 7.36. The molecule has 8 heteroatoms. The molecule has 0 heterocycles. The predicted molar refractivity (Wildman–Crippen MR) is 91.5 cm³/mol. The number of benzene rings is 2. The van der Waals surface area contributed by atoms with Crippen LogP contribution in [0.15, 0.2) is 54.6 Å². The maximum atomic E-state index is 12.9. The number of urea groups is 1. The molecule has 1 atom stereocenters. The standard InChI is InChI=1S/C18H18F3N3O2/c1-2-22-17(26)24-16(25)15(12-7-4-3-5-8-12)23-14-10-6-9-13(11-14)18(19,20)21/h3-11,15,23H,2H2,1H3,(H2,22,24,25,26)/t15-/m1/s1. The van der Waals surface area contributed by atoms with E-state index in [2.05, 4.69) is 16.0 Å². The van der Waals surface area contributed by atoms with Crippen LogP contribution in [0.1, 0.15) is 24.1 Å². The highest BCUT2D eigenvalue weighted by molar-refractivity contribution is 5.98. The quantitative estimate of drug-likeness (QED) is 0.757. The molecule has 0 aromatic heterocycles. The molecular weight excluding hydrogens is 347 g/mol. The number of nitrogens with one attached hydrogen (secondary N) is 3. The van der Waals surface area contributed by atoms with E-state index in [1.807, 2.05) is 0 Å². The maximum absolute atomic E-state index is 12.9. The maximum Gasteiger partial charge on any atom is 0.416 e. The van der Waals surface area contributed by atoms with Gasteiger partial charge in [0.2, 0.25) is 0 Å². The van der Waals surface area contributed by atoms with Gasteiger partial charge in [-0.1, -0.05) is 36.4 Å². The van der Waals surface area contributed by atoms with Gasteiger partial charge >= 0.3 is 12.2 Å². The molecule has 26 heavy (non-hydrogen) atoms. The number of hydrogen-bond acceptors (Lipinski definition) is 3. The van der Waals surface area contributed by atoms with E-state index in [0.29, 0.717) is 12.1 Å². The van der Waals surface area contributed by atoms with Crippen molar-refractivity contribution in [3.05, 3.63) is 65.7 Å². The first kappa shape index (κ1) is 19.3. The van der Waals surface area contributed by atoms with Crippen molar-refractivity contribution in [3.8, 4) is 0 Å². The van der Waals surface area contributed by atoms with Crippen LogP contribution in [0, 0.1) is 0 Å². The predicted octanol–water partition coefficient (Wildman–Crippen LogP) is 3.70. The van der Waals surface area contributed by atoms with Crippen LogP contribution in [0.5, 0.6) is 0 Å². The number of carbonyl (C=O) groups excluding carboxylic acids is 2. The van der Waals surface area contributed by atoms with E-state index < -0.39 is 29.7 Å². The molecule has 0 aliphatic heterocycles. The topological polar surface area (TPSA) is 70.2 Å². The Morgan fingerprint density at radius 1 is 1.04 bits per heavy atom. The lowest BCUT2D eigenvalue weighted by atomic mass is 10.1. The summed E-state index contributed by atoms with van der Waals surface area (Å²) >= 11 is 0. The van der Waals surface area contributed by atoms with Gasteiger partial charge < -0.3 is 10.6 Å². The molecule has 2 aromatic carbocycles. The number of rotatable bonds is 5. The normalized spacial score (nSPS) is 12.2. The second-order valence-corrected chi connectivity index (χ2v) is 5.42. The average Bonchev–Trinajstić information content (AvgIpc) is 2.60. The van der Waals surface area contributed by atoms with Crippen LogP contribution in [0.25, 0.3) is 0 Å².